The predicted molar refractivity (Wildman–Crippen MR) is 87.2 cm³/mol. The monoisotopic (exact) mass is 339 g/mol. The normalized spacial score (nSPS) is 25.9. The zero-order chi connectivity index (χ0) is 16.9. The molecule has 3 rings (SSSR count). The second kappa shape index (κ2) is 8.04. The Bertz CT molecular complexity index is 546. The zero-order valence-corrected chi connectivity index (χ0v) is 14.2. The van der Waals surface area contributed by atoms with Gasteiger partial charge in [-0.15, -0.1) is 0 Å². The van der Waals surface area contributed by atoms with Crippen molar-refractivity contribution >= 4 is 5.91 Å². The van der Waals surface area contributed by atoms with Crippen LogP contribution in [0.4, 0.5) is 4.39 Å². The standard InChI is InChI=1S/C16H26FN5O2/c1-20-3-2-18-15(20)11-22-10-13(17)8-14(22)9-19-16(23)12-21-4-6-24-7-5-21/h2-3,13-14H,4-12H2,1H3,(H,19,23)/t13-,14-/m0/s1. The van der Waals surface area contributed by atoms with E-state index in [1.54, 1.807) is 6.20 Å². The van der Waals surface area contributed by atoms with E-state index in [2.05, 4.69) is 20.1 Å². The van der Waals surface area contributed by atoms with Gasteiger partial charge in [-0.05, 0) is 6.42 Å². The lowest BCUT2D eigenvalue weighted by Crippen LogP contribution is -2.46. The molecule has 0 bridgehead atoms. The van der Waals surface area contributed by atoms with Crippen molar-refractivity contribution in [1.29, 1.82) is 0 Å². The highest BCUT2D eigenvalue weighted by Crippen LogP contribution is 2.21. The van der Waals surface area contributed by atoms with Crippen LogP contribution in [0.25, 0.3) is 0 Å². The highest BCUT2D eigenvalue weighted by Gasteiger charge is 2.32. The lowest BCUT2D eigenvalue weighted by Gasteiger charge is -2.27. The number of ether oxygens (including phenoxy) is 1. The Morgan fingerprint density at radius 2 is 2.25 bits per heavy atom. The van der Waals surface area contributed by atoms with Crippen molar-refractivity contribution in [2.45, 2.75) is 25.2 Å². The van der Waals surface area contributed by atoms with Crippen LogP contribution in [-0.2, 0) is 23.1 Å². The third-order valence-electron chi connectivity index (χ3n) is 4.75. The van der Waals surface area contributed by atoms with Crippen molar-refractivity contribution < 1.29 is 13.9 Å². The van der Waals surface area contributed by atoms with Gasteiger partial charge in [0.15, 0.2) is 0 Å². The Morgan fingerprint density at radius 1 is 1.46 bits per heavy atom. The summed E-state index contributed by atoms with van der Waals surface area (Å²) < 4.78 is 21.1. The maximum atomic E-state index is 13.8. The average molecular weight is 339 g/mol. The Morgan fingerprint density at radius 3 is 2.96 bits per heavy atom. The second-order valence-corrected chi connectivity index (χ2v) is 6.56. The largest absolute Gasteiger partial charge is 0.379 e. The number of likely N-dealkylation sites (tertiary alicyclic amines) is 1. The summed E-state index contributed by atoms with van der Waals surface area (Å²) in [6.07, 6.45) is 3.25. The lowest BCUT2D eigenvalue weighted by molar-refractivity contribution is -0.123. The molecule has 0 unspecified atom stereocenters. The first kappa shape index (κ1) is 17.3. The number of carbonyl (C=O) groups excluding carboxylic acids is 1. The highest BCUT2D eigenvalue weighted by atomic mass is 19.1. The fraction of sp³-hybridized carbons (Fsp3) is 0.750. The van der Waals surface area contributed by atoms with Crippen molar-refractivity contribution in [2.75, 3.05) is 45.9 Å². The van der Waals surface area contributed by atoms with Crippen LogP contribution in [0.1, 0.15) is 12.2 Å². The molecule has 0 spiro atoms. The van der Waals surface area contributed by atoms with Gasteiger partial charge >= 0.3 is 0 Å². The molecule has 0 radical (unpaired) electrons. The van der Waals surface area contributed by atoms with E-state index in [9.17, 15) is 9.18 Å². The Hall–Kier alpha value is -1.51. The third-order valence-corrected chi connectivity index (χ3v) is 4.75. The van der Waals surface area contributed by atoms with Crippen LogP contribution in [0.15, 0.2) is 12.4 Å². The van der Waals surface area contributed by atoms with Crippen molar-refractivity contribution in [3.63, 3.8) is 0 Å². The maximum absolute atomic E-state index is 13.8. The van der Waals surface area contributed by atoms with Gasteiger partial charge in [0.2, 0.25) is 5.91 Å². The first-order valence-electron chi connectivity index (χ1n) is 8.53. The number of aromatic nitrogens is 2. The van der Waals surface area contributed by atoms with Crippen molar-refractivity contribution in [3.8, 4) is 0 Å². The summed E-state index contributed by atoms with van der Waals surface area (Å²) in [5.41, 5.74) is 0. The second-order valence-electron chi connectivity index (χ2n) is 6.56. The summed E-state index contributed by atoms with van der Waals surface area (Å²) >= 11 is 0. The van der Waals surface area contributed by atoms with Crippen LogP contribution >= 0.6 is 0 Å². The van der Waals surface area contributed by atoms with Gasteiger partial charge in [0.05, 0.1) is 26.3 Å². The number of rotatable bonds is 6. The van der Waals surface area contributed by atoms with Gasteiger partial charge in [-0.25, -0.2) is 9.37 Å². The third kappa shape index (κ3) is 4.52. The van der Waals surface area contributed by atoms with Gasteiger partial charge in [0.1, 0.15) is 12.0 Å². The number of hydrogen-bond donors (Lipinski definition) is 1. The van der Waals surface area contributed by atoms with Crippen LogP contribution < -0.4 is 5.32 Å². The van der Waals surface area contributed by atoms with Crippen LogP contribution in [0.2, 0.25) is 0 Å². The molecule has 134 valence electrons. The lowest BCUT2D eigenvalue weighted by atomic mass is 10.2. The Balaban J connectivity index is 1.47. The number of nitrogens with one attached hydrogen (secondary N) is 1. The summed E-state index contributed by atoms with van der Waals surface area (Å²) in [5.74, 6) is 0.907. The van der Waals surface area contributed by atoms with E-state index in [0.29, 0.717) is 45.8 Å². The molecule has 0 aromatic carbocycles. The van der Waals surface area contributed by atoms with E-state index in [-0.39, 0.29) is 11.9 Å². The summed E-state index contributed by atoms with van der Waals surface area (Å²) in [6, 6.07) is 0.0188. The first-order valence-corrected chi connectivity index (χ1v) is 8.53. The fourth-order valence-electron chi connectivity index (χ4n) is 3.31. The van der Waals surface area contributed by atoms with Crippen molar-refractivity contribution in [3.05, 3.63) is 18.2 Å². The van der Waals surface area contributed by atoms with E-state index in [0.717, 1.165) is 18.9 Å². The number of carbonyl (C=O) groups is 1. The predicted octanol–water partition coefficient (Wildman–Crippen LogP) is -0.219. The molecular formula is C16H26FN5O2. The molecule has 24 heavy (non-hydrogen) atoms. The molecule has 2 fully saturated rings. The first-order chi connectivity index (χ1) is 11.6. The van der Waals surface area contributed by atoms with Crippen LogP contribution in [0.5, 0.6) is 0 Å². The van der Waals surface area contributed by atoms with Gasteiger partial charge in [0.25, 0.3) is 0 Å². The number of halogens is 1. The van der Waals surface area contributed by atoms with Gasteiger partial charge in [-0.1, -0.05) is 0 Å². The smallest absolute Gasteiger partial charge is 0.234 e. The molecule has 0 aliphatic carbocycles. The minimum Gasteiger partial charge on any atom is -0.379 e. The number of alkyl halides is 1. The van der Waals surface area contributed by atoms with E-state index < -0.39 is 6.17 Å². The molecule has 2 aliphatic rings. The van der Waals surface area contributed by atoms with Crippen LogP contribution in [0, 0.1) is 0 Å². The number of hydrogen-bond acceptors (Lipinski definition) is 5. The summed E-state index contributed by atoms with van der Waals surface area (Å²) in [7, 11) is 1.93. The zero-order valence-electron chi connectivity index (χ0n) is 14.2. The molecule has 2 saturated heterocycles. The maximum Gasteiger partial charge on any atom is 0.234 e. The summed E-state index contributed by atoms with van der Waals surface area (Å²) in [6.45, 7) is 4.80. The van der Waals surface area contributed by atoms with Gasteiger partial charge in [0, 0.05) is 51.7 Å². The van der Waals surface area contributed by atoms with E-state index in [1.165, 1.54) is 0 Å². The molecule has 7 nitrogen and oxygen atoms in total. The van der Waals surface area contributed by atoms with E-state index in [4.69, 9.17) is 4.74 Å². The minimum absolute atomic E-state index is 0.00356. The molecule has 1 aromatic heterocycles. The average Bonchev–Trinajstić information content (AvgIpc) is 3.12. The number of aryl methyl sites for hydroxylation is 1. The van der Waals surface area contributed by atoms with E-state index >= 15 is 0 Å². The Labute approximate surface area is 141 Å². The fourth-order valence-corrected chi connectivity index (χ4v) is 3.31. The van der Waals surface area contributed by atoms with Crippen molar-refractivity contribution in [2.24, 2.45) is 7.05 Å². The Kier molecular flexibility index (Phi) is 5.80. The van der Waals surface area contributed by atoms with Crippen molar-refractivity contribution in [1.82, 2.24) is 24.7 Å². The number of nitrogens with zero attached hydrogens (tertiary/aromatic N) is 4. The molecular weight excluding hydrogens is 313 g/mol. The number of morpholine rings is 1. The summed E-state index contributed by atoms with van der Waals surface area (Å²) in [5, 5.41) is 2.96. The molecule has 1 aromatic rings. The minimum atomic E-state index is -0.841. The molecule has 2 atom stereocenters. The van der Waals surface area contributed by atoms with Crippen LogP contribution in [0.3, 0.4) is 0 Å². The summed E-state index contributed by atoms with van der Waals surface area (Å²) in [4.78, 5) is 20.6. The number of imidazole rings is 1. The van der Waals surface area contributed by atoms with Gasteiger partial charge in [-0.3, -0.25) is 14.6 Å². The SMILES string of the molecule is Cn1ccnc1CN1C[C@@H](F)C[C@H]1CNC(=O)CN1CCOCC1. The molecule has 3 heterocycles. The van der Waals surface area contributed by atoms with E-state index in [1.807, 2.05) is 17.8 Å². The quantitative estimate of drug-likeness (QED) is 0.776. The number of amides is 1. The highest BCUT2D eigenvalue weighted by molar-refractivity contribution is 5.78. The molecule has 1 amide bonds. The molecule has 1 N–H and O–H groups in total. The van der Waals surface area contributed by atoms with Crippen LogP contribution in [-0.4, -0.2) is 83.4 Å². The topological polar surface area (TPSA) is 62.6 Å². The van der Waals surface area contributed by atoms with Gasteiger partial charge in [-0.2, -0.15) is 0 Å². The molecule has 8 heteroatoms. The van der Waals surface area contributed by atoms with Gasteiger partial charge < -0.3 is 14.6 Å². The molecule has 0 saturated carbocycles. The molecule has 2 aliphatic heterocycles.